The van der Waals surface area contributed by atoms with Gasteiger partial charge in [-0.25, -0.2) is 4.98 Å². The van der Waals surface area contributed by atoms with Crippen LogP contribution < -0.4 is 10.6 Å². The Hall–Kier alpha value is -1.82. The minimum atomic E-state index is 0.0924. The van der Waals surface area contributed by atoms with E-state index in [0.717, 1.165) is 38.0 Å². The van der Waals surface area contributed by atoms with Crippen molar-refractivity contribution in [2.24, 2.45) is 10.9 Å². The van der Waals surface area contributed by atoms with E-state index in [1.54, 1.807) is 12.3 Å². The lowest BCUT2D eigenvalue weighted by molar-refractivity contribution is 0.279. The van der Waals surface area contributed by atoms with Crippen molar-refractivity contribution in [3.63, 3.8) is 0 Å². The molecule has 4 N–H and O–H groups in total. The van der Waals surface area contributed by atoms with Crippen LogP contribution in [0.3, 0.4) is 0 Å². The summed E-state index contributed by atoms with van der Waals surface area (Å²) in [6.45, 7) is 1.19. The molecular formula is C13H20N4O2. The molecule has 0 aliphatic carbocycles. The average molecular weight is 264 g/mol. The van der Waals surface area contributed by atoms with Gasteiger partial charge in [0.05, 0.1) is 0 Å². The Bertz CT molecular complexity index is 450. The highest BCUT2D eigenvalue weighted by Gasteiger charge is 2.25. The van der Waals surface area contributed by atoms with Crippen molar-refractivity contribution in [3.8, 4) is 0 Å². The highest BCUT2D eigenvalue weighted by Crippen LogP contribution is 2.26. The zero-order valence-corrected chi connectivity index (χ0v) is 10.9. The van der Waals surface area contributed by atoms with Crippen LogP contribution in [-0.4, -0.2) is 40.3 Å². The molecule has 0 spiro atoms. The number of pyridine rings is 1. The molecule has 1 atom stereocenters. The quantitative estimate of drug-likeness (QED) is 0.318. The van der Waals surface area contributed by atoms with Crippen LogP contribution in [0.1, 0.15) is 31.2 Å². The number of aromatic nitrogens is 1. The molecule has 0 radical (unpaired) electrons. The lowest BCUT2D eigenvalue weighted by Crippen LogP contribution is -2.30. The second-order valence-corrected chi connectivity index (χ2v) is 4.74. The Morgan fingerprint density at radius 1 is 1.58 bits per heavy atom. The van der Waals surface area contributed by atoms with Crippen molar-refractivity contribution < 1.29 is 10.3 Å². The lowest BCUT2D eigenvalue weighted by Gasteiger charge is -2.25. The van der Waals surface area contributed by atoms with Gasteiger partial charge in [-0.2, -0.15) is 0 Å². The van der Waals surface area contributed by atoms with Gasteiger partial charge >= 0.3 is 0 Å². The molecule has 1 aliphatic rings. The topological polar surface area (TPSA) is 95.0 Å². The summed E-state index contributed by atoms with van der Waals surface area (Å²) < 4.78 is 0. The van der Waals surface area contributed by atoms with Gasteiger partial charge < -0.3 is 20.9 Å². The zero-order valence-electron chi connectivity index (χ0n) is 10.9. The Morgan fingerprint density at radius 3 is 3.16 bits per heavy atom. The standard InChI is InChI=1S/C13H20N4O2/c14-13(16-19)10-5-6-15-12(9-10)17-7-1-3-11(17)4-2-8-18/h5-6,9,11,18-19H,1-4,7-8H2,(H2,14,16). The summed E-state index contributed by atoms with van der Waals surface area (Å²) in [5, 5.41) is 20.7. The van der Waals surface area contributed by atoms with E-state index in [9.17, 15) is 0 Å². The molecule has 2 heterocycles. The van der Waals surface area contributed by atoms with E-state index in [4.69, 9.17) is 16.0 Å². The van der Waals surface area contributed by atoms with Crippen molar-refractivity contribution >= 4 is 11.7 Å². The molecule has 104 valence electrons. The smallest absolute Gasteiger partial charge is 0.170 e. The molecule has 1 aliphatic heterocycles. The molecule has 6 heteroatoms. The molecule has 2 rings (SSSR count). The number of oxime groups is 1. The first-order chi connectivity index (χ1) is 9.26. The van der Waals surface area contributed by atoms with Crippen LogP contribution in [0.5, 0.6) is 0 Å². The van der Waals surface area contributed by atoms with Crippen LogP contribution in [-0.2, 0) is 0 Å². The van der Waals surface area contributed by atoms with E-state index in [1.807, 2.05) is 6.07 Å². The third kappa shape index (κ3) is 3.14. The summed E-state index contributed by atoms with van der Waals surface area (Å²) >= 11 is 0. The summed E-state index contributed by atoms with van der Waals surface area (Å²) in [7, 11) is 0. The second kappa shape index (κ2) is 6.38. The number of hydrogen-bond donors (Lipinski definition) is 3. The number of aliphatic hydroxyl groups excluding tert-OH is 1. The number of aliphatic hydroxyl groups is 1. The second-order valence-electron chi connectivity index (χ2n) is 4.74. The van der Waals surface area contributed by atoms with Gasteiger partial charge in [-0.15, -0.1) is 0 Å². The first-order valence-electron chi connectivity index (χ1n) is 6.57. The van der Waals surface area contributed by atoms with E-state index in [0.29, 0.717) is 11.6 Å². The van der Waals surface area contributed by atoms with Crippen LogP contribution >= 0.6 is 0 Å². The van der Waals surface area contributed by atoms with Crippen molar-refractivity contribution in [2.45, 2.75) is 31.7 Å². The molecule has 19 heavy (non-hydrogen) atoms. The van der Waals surface area contributed by atoms with Crippen molar-refractivity contribution in [1.29, 1.82) is 0 Å². The van der Waals surface area contributed by atoms with Crippen LogP contribution in [0.4, 0.5) is 5.82 Å². The molecule has 1 saturated heterocycles. The van der Waals surface area contributed by atoms with Crippen molar-refractivity contribution in [2.75, 3.05) is 18.1 Å². The fourth-order valence-corrected chi connectivity index (χ4v) is 2.56. The number of amidine groups is 1. The van der Waals surface area contributed by atoms with Crippen LogP contribution in [0.25, 0.3) is 0 Å². The Labute approximate surface area is 112 Å². The largest absolute Gasteiger partial charge is 0.409 e. The third-order valence-electron chi connectivity index (χ3n) is 3.52. The minimum Gasteiger partial charge on any atom is -0.409 e. The van der Waals surface area contributed by atoms with E-state index in [1.165, 1.54) is 0 Å². The Balaban J connectivity index is 2.16. The number of hydrogen-bond acceptors (Lipinski definition) is 5. The first-order valence-corrected chi connectivity index (χ1v) is 6.57. The van der Waals surface area contributed by atoms with Gasteiger partial charge in [-0.3, -0.25) is 0 Å². The Kier molecular flexibility index (Phi) is 4.57. The summed E-state index contributed by atoms with van der Waals surface area (Å²) in [5.74, 6) is 0.944. The van der Waals surface area contributed by atoms with E-state index < -0.39 is 0 Å². The SMILES string of the molecule is NC(=NO)c1ccnc(N2CCCC2CCCO)c1. The van der Waals surface area contributed by atoms with Gasteiger partial charge in [-0.05, 0) is 37.8 Å². The van der Waals surface area contributed by atoms with Crippen molar-refractivity contribution in [3.05, 3.63) is 23.9 Å². The van der Waals surface area contributed by atoms with E-state index >= 15 is 0 Å². The highest BCUT2D eigenvalue weighted by molar-refractivity contribution is 5.97. The molecule has 1 fully saturated rings. The number of rotatable bonds is 5. The van der Waals surface area contributed by atoms with E-state index in [-0.39, 0.29) is 12.4 Å². The van der Waals surface area contributed by atoms with Crippen molar-refractivity contribution in [1.82, 2.24) is 4.98 Å². The lowest BCUT2D eigenvalue weighted by atomic mass is 10.1. The van der Waals surface area contributed by atoms with Gasteiger partial charge in [0.25, 0.3) is 0 Å². The number of nitrogens with two attached hydrogens (primary N) is 1. The highest BCUT2D eigenvalue weighted by atomic mass is 16.4. The molecule has 0 amide bonds. The average Bonchev–Trinajstić information content (AvgIpc) is 2.92. The Morgan fingerprint density at radius 2 is 2.42 bits per heavy atom. The minimum absolute atomic E-state index is 0.0924. The summed E-state index contributed by atoms with van der Waals surface area (Å²) in [5.41, 5.74) is 6.26. The van der Waals surface area contributed by atoms with Gasteiger partial charge in [0.15, 0.2) is 5.84 Å². The summed E-state index contributed by atoms with van der Waals surface area (Å²) in [6.07, 6.45) is 5.69. The molecule has 1 aromatic rings. The monoisotopic (exact) mass is 264 g/mol. The number of nitrogens with zero attached hydrogens (tertiary/aromatic N) is 3. The van der Waals surface area contributed by atoms with Gasteiger partial charge in [0.1, 0.15) is 5.82 Å². The maximum Gasteiger partial charge on any atom is 0.170 e. The number of anilines is 1. The van der Waals surface area contributed by atoms with Crippen LogP contribution in [0.2, 0.25) is 0 Å². The molecule has 0 aromatic carbocycles. The molecule has 1 aromatic heterocycles. The summed E-state index contributed by atoms with van der Waals surface area (Å²) in [6, 6.07) is 3.98. The van der Waals surface area contributed by atoms with E-state index in [2.05, 4.69) is 15.0 Å². The van der Waals surface area contributed by atoms with Gasteiger partial charge in [0, 0.05) is 31.0 Å². The van der Waals surface area contributed by atoms with Gasteiger partial charge in [0.2, 0.25) is 0 Å². The van der Waals surface area contributed by atoms with Crippen LogP contribution in [0.15, 0.2) is 23.5 Å². The third-order valence-corrected chi connectivity index (χ3v) is 3.52. The molecule has 1 unspecified atom stereocenters. The summed E-state index contributed by atoms with van der Waals surface area (Å²) in [4.78, 5) is 6.61. The van der Waals surface area contributed by atoms with Gasteiger partial charge in [-0.1, -0.05) is 5.16 Å². The molecular weight excluding hydrogens is 244 g/mol. The fourth-order valence-electron chi connectivity index (χ4n) is 2.56. The normalized spacial score (nSPS) is 19.9. The predicted molar refractivity (Wildman–Crippen MR) is 73.4 cm³/mol. The maximum atomic E-state index is 8.94. The molecule has 0 saturated carbocycles. The maximum absolute atomic E-state index is 8.94. The zero-order chi connectivity index (χ0) is 13.7. The first kappa shape index (κ1) is 13.6. The fraction of sp³-hybridized carbons (Fsp3) is 0.538. The molecule has 6 nitrogen and oxygen atoms in total. The van der Waals surface area contributed by atoms with Crippen LogP contribution in [0, 0.1) is 0 Å². The predicted octanol–water partition coefficient (Wildman–Crippen LogP) is 0.917. The molecule has 0 bridgehead atoms.